The van der Waals surface area contributed by atoms with Gasteiger partial charge >= 0.3 is 0 Å². The van der Waals surface area contributed by atoms with Gasteiger partial charge in [0.15, 0.2) is 11.5 Å². The highest BCUT2D eigenvalue weighted by Crippen LogP contribution is 2.27. The lowest BCUT2D eigenvalue weighted by atomic mass is 10.1. The summed E-state index contributed by atoms with van der Waals surface area (Å²) in [5.41, 5.74) is 0.989. The van der Waals surface area contributed by atoms with Crippen LogP contribution in [-0.2, 0) is 11.3 Å². The molecule has 2 N–H and O–H groups in total. The van der Waals surface area contributed by atoms with Crippen LogP contribution in [0.3, 0.4) is 0 Å². The lowest BCUT2D eigenvalue weighted by Gasteiger charge is -2.31. The molecule has 0 saturated carbocycles. The Morgan fingerprint density at radius 1 is 1.30 bits per heavy atom. The van der Waals surface area contributed by atoms with Crippen molar-refractivity contribution in [2.24, 2.45) is 0 Å². The molecule has 0 aliphatic carbocycles. The van der Waals surface area contributed by atoms with Crippen molar-refractivity contribution in [2.45, 2.75) is 25.4 Å². The average Bonchev–Trinajstić information content (AvgIpc) is 2.59. The Kier molecular flexibility index (Phi) is 6.67. The van der Waals surface area contributed by atoms with Crippen LogP contribution in [0.1, 0.15) is 18.4 Å². The number of nitrogens with one attached hydrogen (secondary N) is 2. The number of likely N-dealkylation sites (N-methyl/N-ethyl adjacent to an activating group) is 1. The summed E-state index contributed by atoms with van der Waals surface area (Å²) in [6, 6.07) is 6.15. The number of carbonyl (C=O) groups excluding carboxylic acids is 1. The van der Waals surface area contributed by atoms with Crippen LogP contribution in [-0.4, -0.2) is 57.8 Å². The minimum Gasteiger partial charge on any atom is -0.493 e. The van der Waals surface area contributed by atoms with Crippen LogP contribution in [0.25, 0.3) is 0 Å². The SMILES string of the molecule is CNC1CCCN(CC(=O)NCc2ccc(OC)c(OC)c2)C1. The van der Waals surface area contributed by atoms with Gasteiger partial charge < -0.3 is 20.1 Å². The van der Waals surface area contributed by atoms with Crippen molar-refractivity contribution in [1.29, 1.82) is 0 Å². The highest BCUT2D eigenvalue weighted by molar-refractivity contribution is 5.78. The molecule has 1 amide bonds. The molecule has 23 heavy (non-hydrogen) atoms. The topological polar surface area (TPSA) is 62.8 Å². The first-order chi connectivity index (χ1) is 11.2. The molecule has 1 saturated heterocycles. The van der Waals surface area contributed by atoms with Crippen LogP contribution in [0.2, 0.25) is 0 Å². The van der Waals surface area contributed by atoms with E-state index in [0.29, 0.717) is 30.6 Å². The summed E-state index contributed by atoms with van der Waals surface area (Å²) in [5, 5.41) is 6.26. The predicted octanol–water partition coefficient (Wildman–Crippen LogP) is 1.00. The van der Waals surface area contributed by atoms with Gasteiger partial charge in [0.25, 0.3) is 0 Å². The number of carbonyl (C=O) groups is 1. The van der Waals surface area contributed by atoms with Crippen molar-refractivity contribution in [1.82, 2.24) is 15.5 Å². The molecule has 1 aliphatic heterocycles. The van der Waals surface area contributed by atoms with E-state index in [4.69, 9.17) is 9.47 Å². The van der Waals surface area contributed by atoms with E-state index in [1.54, 1.807) is 14.2 Å². The van der Waals surface area contributed by atoms with E-state index in [-0.39, 0.29) is 5.91 Å². The van der Waals surface area contributed by atoms with E-state index >= 15 is 0 Å². The van der Waals surface area contributed by atoms with Gasteiger partial charge in [-0.2, -0.15) is 0 Å². The van der Waals surface area contributed by atoms with Gasteiger partial charge in [-0.15, -0.1) is 0 Å². The molecule has 1 aromatic rings. The summed E-state index contributed by atoms with van der Waals surface area (Å²) in [6.45, 7) is 2.86. The zero-order chi connectivity index (χ0) is 16.7. The van der Waals surface area contributed by atoms with E-state index in [9.17, 15) is 4.79 Å². The molecule has 1 fully saturated rings. The van der Waals surface area contributed by atoms with Gasteiger partial charge in [-0.25, -0.2) is 0 Å². The normalized spacial score (nSPS) is 18.5. The molecule has 0 bridgehead atoms. The number of benzene rings is 1. The zero-order valence-corrected chi connectivity index (χ0v) is 14.2. The molecule has 128 valence electrons. The Labute approximate surface area is 138 Å². The molecule has 1 unspecified atom stereocenters. The fraction of sp³-hybridized carbons (Fsp3) is 0.588. The first kappa shape index (κ1) is 17.6. The van der Waals surface area contributed by atoms with Crippen LogP contribution in [0, 0.1) is 0 Å². The Hall–Kier alpha value is -1.79. The van der Waals surface area contributed by atoms with Gasteiger partial charge in [0, 0.05) is 19.1 Å². The van der Waals surface area contributed by atoms with Crippen molar-refractivity contribution in [3.63, 3.8) is 0 Å². The Bertz CT molecular complexity index is 522. The van der Waals surface area contributed by atoms with Crippen molar-refractivity contribution < 1.29 is 14.3 Å². The highest BCUT2D eigenvalue weighted by atomic mass is 16.5. The lowest BCUT2D eigenvalue weighted by molar-refractivity contribution is -0.122. The number of methoxy groups -OCH3 is 2. The maximum Gasteiger partial charge on any atom is 0.234 e. The van der Waals surface area contributed by atoms with E-state index < -0.39 is 0 Å². The Morgan fingerprint density at radius 3 is 2.78 bits per heavy atom. The molecule has 0 aromatic heterocycles. The lowest BCUT2D eigenvalue weighted by Crippen LogP contribution is -2.47. The summed E-state index contributed by atoms with van der Waals surface area (Å²) < 4.78 is 10.5. The number of likely N-dealkylation sites (tertiary alicyclic amines) is 1. The summed E-state index contributed by atoms with van der Waals surface area (Å²) >= 11 is 0. The van der Waals surface area contributed by atoms with E-state index in [0.717, 1.165) is 25.1 Å². The van der Waals surface area contributed by atoms with Crippen LogP contribution in [0.4, 0.5) is 0 Å². The van der Waals surface area contributed by atoms with Crippen LogP contribution in [0.5, 0.6) is 11.5 Å². The smallest absolute Gasteiger partial charge is 0.234 e. The number of ether oxygens (including phenoxy) is 2. The number of hydrogen-bond acceptors (Lipinski definition) is 5. The summed E-state index contributed by atoms with van der Waals surface area (Å²) in [4.78, 5) is 14.3. The molecule has 6 nitrogen and oxygen atoms in total. The molecule has 1 aromatic carbocycles. The predicted molar refractivity (Wildman–Crippen MR) is 89.9 cm³/mol. The van der Waals surface area contributed by atoms with Gasteiger partial charge in [0.1, 0.15) is 0 Å². The van der Waals surface area contributed by atoms with Crippen molar-refractivity contribution in [3.8, 4) is 11.5 Å². The number of rotatable bonds is 7. The van der Waals surface area contributed by atoms with Gasteiger partial charge in [0.05, 0.1) is 20.8 Å². The summed E-state index contributed by atoms with van der Waals surface area (Å²) in [7, 11) is 5.19. The van der Waals surface area contributed by atoms with E-state index in [1.807, 2.05) is 25.2 Å². The Balaban J connectivity index is 1.82. The van der Waals surface area contributed by atoms with E-state index in [2.05, 4.69) is 15.5 Å². The largest absolute Gasteiger partial charge is 0.493 e. The fourth-order valence-electron chi connectivity index (χ4n) is 2.89. The van der Waals surface area contributed by atoms with Gasteiger partial charge in [-0.05, 0) is 44.1 Å². The first-order valence-corrected chi connectivity index (χ1v) is 8.03. The standard InChI is InChI=1S/C17H27N3O3/c1-18-14-5-4-8-20(11-14)12-17(21)19-10-13-6-7-15(22-2)16(9-13)23-3/h6-7,9,14,18H,4-5,8,10-12H2,1-3H3,(H,19,21). The minimum absolute atomic E-state index is 0.0523. The zero-order valence-electron chi connectivity index (χ0n) is 14.2. The second kappa shape index (κ2) is 8.74. The monoisotopic (exact) mass is 321 g/mol. The van der Waals surface area contributed by atoms with Gasteiger partial charge in [-0.1, -0.05) is 6.07 Å². The third-order valence-corrected chi connectivity index (χ3v) is 4.22. The van der Waals surface area contributed by atoms with Crippen LogP contribution in [0.15, 0.2) is 18.2 Å². The molecule has 1 aliphatic rings. The quantitative estimate of drug-likeness (QED) is 0.785. The second-order valence-corrected chi connectivity index (χ2v) is 5.83. The molecule has 1 atom stereocenters. The number of nitrogens with zero attached hydrogens (tertiary/aromatic N) is 1. The number of piperidine rings is 1. The second-order valence-electron chi connectivity index (χ2n) is 5.83. The van der Waals surface area contributed by atoms with Crippen molar-refractivity contribution in [2.75, 3.05) is 40.9 Å². The van der Waals surface area contributed by atoms with E-state index in [1.165, 1.54) is 6.42 Å². The van der Waals surface area contributed by atoms with Crippen molar-refractivity contribution in [3.05, 3.63) is 23.8 Å². The maximum atomic E-state index is 12.1. The highest BCUT2D eigenvalue weighted by Gasteiger charge is 2.20. The van der Waals surface area contributed by atoms with Gasteiger partial charge in [0.2, 0.25) is 5.91 Å². The molecule has 0 radical (unpaired) electrons. The summed E-state index contributed by atoms with van der Waals surface area (Å²) in [5.74, 6) is 1.41. The molecular formula is C17H27N3O3. The maximum absolute atomic E-state index is 12.1. The average molecular weight is 321 g/mol. The van der Waals surface area contributed by atoms with Gasteiger partial charge in [-0.3, -0.25) is 9.69 Å². The van der Waals surface area contributed by atoms with Crippen molar-refractivity contribution >= 4 is 5.91 Å². The molecule has 2 rings (SSSR count). The number of hydrogen-bond donors (Lipinski definition) is 2. The van der Waals surface area contributed by atoms with Crippen LogP contribution >= 0.6 is 0 Å². The van der Waals surface area contributed by atoms with Crippen LogP contribution < -0.4 is 20.1 Å². The summed E-state index contributed by atoms with van der Waals surface area (Å²) in [6.07, 6.45) is 2.31. The first-order valence-electron chi connectivity index (χ1n) is 8.03. The molecule has 1 heterocycles. The number of amides is 1. The third-order valence-electron chi connectivity index (χ3n) is 4.22. The minimum atomic E-state index is 0.0523. The molecule has 0 spiro atoms. The Morgan fingerprint density at radius 2 is 2.09 bits per heavy atom. The molecule has 6 heteroatoms. The fourth-order valence-corrected chi connectivity index (χ4v) is 2.89. The third kappa shape index (κ3) is 5.11. The molecular weight excluding hydrogens is 294 g/mol.